The minimum Gasteiger partial charge on any atom is -0.478 e. The minimum absolute atomic E-state index is 0. The number of alkyl halides is 6. The molecule has 0 aromatic heterocycles. The summed E-state index contributed by atoms with van der Waals surface area (Å²) in [4.78, 5) is 45.0. The molecule has 34 heavy (non-hydrogen) atoms. The molecule has 2 aromatic carbocycles. The fourth-order valence-electron chi connectivity index (χ4n) is 3.26. The Kier molecular flexibility index (Phi) is 7.64. The molecule has 0 aliphatic carbocycles. The number of benzene rings is 2. The molecule has 0 unspecified atom stereocenters. The van der Waals surface area contributed by atoms with Gasteiger partial charge >= 0.3 is 36.2 Å². The average Bonchev–Trinajstić information content (AvgIpc) is 2.65. The summed E-state index contributed by atoms with van der Waals surface area (Å²) in [6.07, 6.45) is -12.5. The van der Waals surface area contributed by atoms with Crippen molar-refractivity contribution in [1.29, 1.82) is 0 Å². The van der Waals surface area contributed by atoms with Crippen molar-refractivity contribution in [2.24, 2.45) is 0 Å². The van der Waals surface area contributed by atoms with Crippen LogP contribution in [0, 0.1) is 0 Å². The first-order chi connectivity index (χ1) is 15.0. The molecule has 0 bridgehead atoms. The fraction of sp³-hybridized carbons (Fsp3) is 0.158. The number of rotatable bonds is 6. The van der Waals surface area contributed by atoms with Crippen LogP contribution in [0.3, 0.4) is 0 Å². The Balaban J connectivity index is 0.00000578. The SMILES string of the molecule is Cl.O=C(O)c1ccc(C(c2ccc(C(=O)O)c(C(=O)O)c2)(C(F)(F)F)C(F)(F)F)cc1C(=O)O. The lowest BCUT2D eigenvalue weighted by atomic mass is 9.71. The van der Waals surface area contributed by atoms with Crippen molar-refractivity contribution < 1.29 is 65.9 Å². The maximum atomic E-state index is 14.2. The summed E-state index contributed by atoms with van der Waals surface area (Å²) in [6, 6.07) is 0.412. The first-order valence-corrected chi connectivity index (χ1v) is 8.32. The van der Waals surface area contributed by atoms with Gasteiger partial charge in [-0.2, -0.15) is 26.3 Å². The molecule has 15 heteroatoms. The lowest BCUT2D eigenvalue weighted by molar-refractivity contribution is -0.288. The smallest absolute Gasteiger partial charge is 0.411 e. The third-order valence-corrected chi connectivity index (χ3v) is 4.68. The molecular formula is C19H11ClF6O8. The number of carboxylic acids is 4. The number of carbonyl (C=O) groups is 4. The van der Waals surface area contributed by atoms with E-state index in [9.17, 15) is 45.5 Å². The summed E-state index contributed by atoms with van der Waals surface area (Å²) >= 11 is 0. The molecule has 0 fully saturated rings. The standard InChI is InChI=1S/C19H10F6O8.ClH/c20-18(21,22)17(19(23,24)25,7-1-3-9(13(26)27)11(5-7)15(30)31)8-2-4-10(14(28)29)12(6-8)16(32)33;/h1-6H,(H,26,27)(H,28,29)(H,30,31)(H,32,33);1H. The number of carboxylic acid groups (broad SMARTS) is 4. The van der Waals surface area contributed by atoms with Crippen LogP contribution in [0.4, 0.5) is 26.3 Å². The summed E-state index contributed by atoms with van der Waals surface area (Å²) < 4.78 is 85.1. The highest BCUT2D eigenvalue weighted by Gasteiger charge is 2.72. The van der Waals surface area contributed by atoms with Crippen molar-refractivity contribution in [3.05, 3.63) is 69.8 Å². The van der Waals surface area contributed by atoms with Gasteiger partial charge in [0.2, 0.25) is 5.41 Å². The topological polar surface area (TPSA) is 149 Å². The minimum atomic E-state index is -6.27. The highest BCUT2D eigenvalue weighted by Crippen LogP contribution is 2.56. The van der Waals surface area contributed by atoms with Crippen LogP contribution in [0.15, 0.2) is 36.4 Å². The van der Waals surface area contributed by atoms with E-state index in [1.165, 1.54) is 0 Å². The van der Waals surface area contributed by atoms with Gasteiger partial charge < -0.3 is 20.4 Å². The van der Waals surface area contributed by atoms with Crippen molar-refractivity contribution in [1.82, 2.24) is 0 Å². The first-order valence-electron chi connectivity index (χ1n) is 8.32. The normalized spacial score (nSPS) is 11.9. The number of hydrogen-bond donors (Lipinski definition) is 4. The van der Waals surface area contributed by atoms with Crippen LogP contribution in [-0.2, 0) is 5.41 Å². The van der Waals surface area contributed by atoms with Gasteiger partial charge in [-0.3, -0.25) is 0 Å². The molecule has 0 spiro atoms. The summed E-state index contributed by atoms with van der Waals surface area (Å²) in [7, 11) is 0. The molecule has 0 heterocycles. The average molecular weight is 517 g/mol. The molecule has 0 saturated heterocycles. The van der Waals surface area contributed by atoms with Crippen molar-refractivity contribution in [3.63, 3.8) is 0 Å². The quantitative estimate of drug-likeness (QED) is 0.415. The summed E-state index contributed by atoms with van der Waals surface area (Å²) in [5, 5.41) is 36.2. The van der Waals surface area contributed by atoms with Crippen LogP contribution in [0.5, 0.6) is 0 Å². The Labute approximate surface area is 190 Å². The molecular weight excluding hydrogens is 506 g/mol. The van der Waals surface area contributed by atoms with Gasteiger partial charge in [0.05, 0.1) is 22.3 Å². The monoisotopic (exact) mass is 516 g/mol. The van der Waals surface area contributed by atoms with Gasteiger partial charge in [-0.05, 0) is 35.4 Å². The van der Waals surface area contributed by atoms with Gasteiger partial charge in [0.25, 0.3) is 0 Å². The Morgan fingerprint density at radius 1 is 0.529 bits per heavy atom. The van der Waals surface area contributed by atoms with E-state index in [2.05, 4.69) is 0 Å². The van der Waals surface area contributed by atoms with Crippen LogP contribution in [0.1, 0.15) is 52.6 Å². The summed E-state index contributed by atoms with van der Waals surface area (Å²) in [6.45, 7) is 0. The molecule has 0 saturated carbocycles. The van der Waals surface area contributed by atoms with E-state index in [4.69, 9.17) is 20.4 Å². The number of aromatic carboxylic acids is 4. The Bertz CT molecular complexity index is 1080. The highest BCUT2D eigenvalue weighted by molar-refractivity contribution is 6.03. The second kappa shape index (κ2) is 9.21. The Hall–Kier alpha value is -3.81. The van der Waals surface area contributed by atoms with E-state index in [-0.39, 0.29) is 48.8 Å². The molecule has 0 aliphatic rings. The van der Waals surface area contributed by atoms with Crippen LogP contribution in [-0.4, -0.2) is 56.7 Å². The van der Waals surface area contributed by atoms with E-state index in [0.717, 1.165) is 0 Å². The lowest BCUT2D eigenvalue weighted by Gasteiger charge is -2.38. The zero-order valence-electron chi connectivity index (χ0n) is 16.1. The summed E-state index contributed by atoms with van der Waals surface area (Å²) in [5.74, 6) is -8.16. The van der Waals surface area contributed by atoms with Crippen molar-refractivity contribution in [2.45, 2.75) is 17.8 Å². The van der Waals surface area contributed by atoms with Gasteiger partial charge in [0.15, 0.2) is 0 Å². The molecule has 0 radical (unpaired) electrons. The lowest BCUT2D eigenvalue weighted by Crippen LogP contribution is -2.55. The van der Waals surface area contributed by atoms with Gasteiger partial charge in [-0.15, -0.1) is 12.4 Å². The van der Waals surface area contributed by atoms with Crippen LogP contribution in [0.2, 0.25) is 0 Å². The molecule has 8 nitrogen and oxygen atoms in total. The van der Waals surface area contributed by atoms with Gasteiger partial charge in [0, 0.05) is 0 Å². The molecule has 2 aromatic rings. The molecule has 4 N–H and O–H groups in total. The second-order valence-electron chi connectivity index (χ2n) is 6.49. The van der Waals surface area contributed by atoms with Crippen LogP contribution < -0.4 is 0 Å². The van der Waals surface area contributed by atoms with E-state index >= 15 is 0 Å². The van der Waals surface area contributed by atoms with E-state index in [0.29, 0.717) is 0 Å². The maximum Gasteiger partial charge on any atom is 0.411 e. The zero-order chi connectivity index (χ0) is 25.5. The molecule has 0 atom stereocenters. The Morgan fingerprint density at radius 3 is 1.00 bits per heavy atom. The predicted octanol–water partition coefficient (Wildman–Crippen LogP) is 4.31. The Morgan fingerprint density at radius 2 is 0.794 bits per heavy atom. The molecule has 2 rings (SSSR count). The van der Waals surface area contributed by atoms with Gasteiger partial charge in [-0.25, -0.2) is 19.2 Å². The van der Waals surface area contributed by atoms with E-state index in [1.807, 2.05) is 0 Å². The van der Waals surface area contributed by atoms with Crippen LogP contribution >= 0.6 is 12.4 Å². The second-order valence-corrected chi connectivity index (χ2v) is 6.49. The number of halogens is 7. The first kappa shape index (κ1) is 28.2. The fourth-order valence-corrected chi connectivity index (χ4v) is 3.26. The van der Waals surface area contributed by atoms with E-state index < -0.39 is 75.0 Å². The third kappa shape index (κ3) is 4.48. The van der Waals surface area contributed by atoms with Gasteiger partial charge in [0.1, 0.15) is 0 Å². The van der Waals surface area contributed by atoms with Crippen molar-refractivity contribution in [3.8, 4) is 0 Å². The van der Waals surface area contributed by atoms with Crippen molar-refractivity contribution >= 4 is 36.3 Å². The third-order valence-electron chi connectivity index (χ3n) is 4.68. The zero-order valence-corrected chi connectivity index (χ0v) is 16.9. The maximum absolute atomic E-state index is 14.2. The van der Waals surface area contributed by atoms with Crippen LogP contribution in [0.25, 0.3) is 0 Å². The summed E-state index contributed by atoms with van der Waals surface area (Å²) in [5.41, 5.74) is -13.6. The van der Waals surface area contributed by atoms with Gasteiger partial charge in [-0.1, -0.05) is 12.1 Å². The van der Waals surface area contributed by atoms with E-state index in [1.54, 1.807) is 0 Å². The number of hydrogen-bond acceptors (Lipinski definition) is 4. The molecule has 0 aliphatic heterocycles. The predicted molar refractivity (Wildman–Crippen MR) is 101 cm³/mol. The molecule has 0 amide bonds. The molecule has 184 valence electrons. The largest absolute Gasteiger partial charge is 0.478 e. The van der Waals surface area contributed by atoms with Crippen molar-refractivity contribution in [2.75, 3.05) is 0 Å². The highest BCUT2D eigenvalue weighted by atomic mass is 35.5.